The first-order chi connectivity index (χ1) is 14.4. The van der Waals surface area contributed by atoms with Crippen LogP contribution in [0.2, 0.25) is 0 Å². The molecule has 0 saturated carbocycles. The monoisotopic (exact) mass is 522 g/mol. The second-order valence-electron chi connectivity index (χ2n) is 7.08. The van der Waals surface area contributed by atoms with Crippen LogP contribution in [-0.2, 0) is 18.3 Å². The molecule has 0 radical (unpaired) electrons. The zero-order chi connectivity index (χ0) is 24.0. The molecule has 4 aromatic rings. The molecule has 0 aliphatic carbocycles. The van der Waals surface area contributed by atoms with Gasteiger partial charge in [0.1, 0.15) is 0 Å². The van der Waals surface area contributed by atoms with Crippen LogP contribution in [-0.4, -0.2) is 39.1 Å². The summed E-state index contributed by atoms with van der Waals surface area (Å²) in [6.45, 7) is 0. The van der Waals surface area contributed by atoms with Crippen LogP contribution >= 0.6 is 30.4 Å². The quantitative estimate of drug-likeness (QED) is 0.129. The summed E-state index contributed by atoms with van der Waals surface area (Å²) in [4.78, 5) is 78.3. The predicted octanol–water partition coefficient (Wildman–Crippen LogP) is -0.204. The summed E-state index contributed by atoms with van der Waals surface area (Å²) in [7, 11) is -20.4. The van der Waals surface area contributed by atoms with Crippen molar-refractivity contribution < 1.29 is 57.4 Å². The van der Waals surface area contributed by atoms with Gasteiger partial charge in [-0.05, 0) is 44.5 Å². The maximum absolute atomic E-state index is 12.1. The molecule has 0 atom stereocenters. The van der Waals surface area contributed by atoms with Crippen LogP contribution in [0.5, 0.6) is 0 Å². The van der Waals surface area contributed by atoms with Crippen LogP contribution in [0.4, 0.5) is 0 Å². The van der Waals surface area contributed by atoms with Gasteiger partial charge in [-0.3, -0.25) is 18.3 Å². The van der Waals surface area contributed by atoms with Crippen molar-refractivity contribution in [3.8, 4) is 0 Å². The average Bonchev–Trinajstić information content (AvgIpc) is 2.61. The second kappa shape index (κ2) is 7.01. The van der Waals surface area contributed by atoms with Gasteiger partial charge in [0.2, 0.25) is 0 Å². The van der Waals surface area contributed by atoms with E-state index in [1.54, 1.807) is 0 Å². The molecular weight excluding hydrogens is 508 g/mol. The fourth-order valence-electron chi connectivity index (χ4n) is 3.88. The van der Waals surface area contributed by atoms with Gasteiger partial charge in [-0.2, -0.15) is 0 Å². The zero-order valence-electron chi connectivity index (χ0n) is 15.5. The first kappa shape index (κ1) is 23.7. The standard InChI is InChI=1S/C16H14O12P4/c17-29(18,19)11-5-13(31(23,24)25)9-3-4-10-14(32(26,27)28)6-12(30(20,21)22)8-2-1-7(11)15(9)16(8)10/h1-6H,(H2,17,18,19)(H2,20,21,22)(H2,23,24,25)(H2,26,27,28). The molecule has 0 saturated heterocycles. The fourth-order valence-corrected chi connectivity index (χ4v) is 7.28. The Balaban J connectivity index is 2.45. The van der Waals surface area contributed by atoms with Crippen LogP contribution in [0, 0.1) is 0 Å². The van der Waals surface area contributed by atoms with Gasteiger partial charge in [0.15, 0.2) is 0 Å². The Morgan fingerprint density at radius 3 is 0.750 bits per heavy atom. The molecule has 0 heterocycles. The Bertz CT molecular complexity index is 1390. The largest absolute Gasteiger partial charge is 0.356 e. The van der Waals surface area contributed by atoms with E-state index in [4.69, 9.17) is 0 Å². The van der Waals surface area contributed by atoms with Gasteiger partial charge < -0.3 is 39.1 Å². The van der Waals surface area contributed by atoms with Gasteiger partial charge in [-0.1, -0.05) is 24.3 Å². The van der Waals surface area contributed by atoms with Crippen molar-refractivity contribution in [1.82, 2.24) is 0 Å². The molecule has 16 heteroatoms. The summed E-state index contributed by atoms with van der Waals surface area (Å²) < 4.78 is 48.4. The van der Waals surface area contributed by atoms with Crippen molar-refractivity contribution in [2.75, 3.05) is 0 Å². The normalized spacial score (nSPS) is 14.1. The van der Waals surface area contributed by atoms with E-state index in [2.05, 4.69) is 0 Å². The van der Waals surface area contributed by atoms with Crippen LogP contribution in [0.3, 0.4) is 0 Å². The van der Waals surface area contributed by atoms with E-state index in [1.807, 2.05) is 0 Å². The lowest BCUT2D eigenvalue weighted by molar-refractivity contribution is 0.384. The summed E-state index contributed by atoms with van der Waals surface area (Å²) >= 11 is 0. The molecule has 0 aliphatic heterocycles. The van der Waals surface area contributed by atoms with E-state index in [1.165, 1.54) is 0 Å². The van der Waals surface area contributed by atoms with Crippen molar-refractivity contribution in [2.45, 2.75) is 0 Å². The minimum absolute atomic E-state index is 0.192. The molecule has 4 aromatic carbocycles. The van der Waals surface area contributed by atoms with Gasteiger partial charge in [0.05, 0.1) is 21.2 Å². The molecule has 32 heavy (non-hydrogen) atoms. The van der Waals surface area contributed by atoms with E-state index in [0.717, 1.165) is 24.3 Å². The van der Waals surface area contributed by atoms with Crippen LogP contribution in [0.25, 0.3) is 32.3 Å². The van der Waals surface area contributed by atoms with Gasteiger partial charge in [0.25, 0.3) is 0 Å². The molecule has 0 bridgehead atoms. The Hall–Kier alpha value is -1.48. The highest BCUT2D eigenvalue weighted by Gasteiger charge is 2.34. The van der Waals surface area contributed by atoms with Gasteiger partial charge in [0, 0.05) is 0 Å². The van der Waals surface area contributed by atoms with Crippen molar-refractivity contribution in [2.24, 2.45) is 0 Å². The highest BCUT2D eigenvalue weighted by molar-refractivity contribution is 7.63. The molecule has 4 rings (SSSR count). The molecule has 8 N–H and O–H groups in total. The third-order valence-electron chi connectivity index (χ3n) is 5.07. The molecule has 0 spiro atoms. The van der Waals surface area contributed by atoms with E-state index in [0.29, 0.717) is 12.1 Å². The third kappa shape index (κ3) is 3.69. The smallest absolute Gasteiger partial charge is 0.321 e. The summed E-state index contributed by atoms with van der Waals surface area (Å²) in [5.74, 6) is 0. The van der Waals surface area contributed by atoms with E-state index >= 15 is 0 Å². The highest BCUT2D eigenvalue weighted by Crippen LogP contribution is 2.48. The fraction of sp³-hybridized carbons (Fsp3) is 0. The predicted molar refractivity (Wildman–Crippen MR) is 117 cm³/mol. The minimum Gasteiger partial charge on any atom is -0.321 e. The zero-order valence-corrected chi connectivity index (χ0v) is 19.0. The lowest BCUT2D eigenvalue weighted by Crippen LogP contribution is -2.20. The van der Waals surface area contributed by atoms with Crippen molar-refractivity contribution in [1.29, 1.82) is 0 Å². The van der Waals surface area contributed by atoms with Crippen LogP contribution in [0.1, 0.15) is 0 Å². The average molecular weight is 522 g/mol. The topological polar surface area (TPSA) is 230 Å². The number of benzene rings is 4. The maximum atomic E-state index is 12.1. The SMILES string of the molecule is O=P(O)(O)c1cc(P(=O)(O)O)c2ccc3c(P(=O)(O)O)cc(P(=O)(O)O)c4ccc1c2c43. The summed E-state index contributed by atoms with van der Waals surface area (Å²) in [5, 5.41) is -4.19. The van der Waals surface area contributed by atoms with Gasteiger partial charge in [-0.25, -0.2) is 0 Å². The van der Waals surface area contributed by atoms with Crippen molar-refractivity contribution >= 4 is 83.9 Å². The minimum atomic E-state index is -5.11. The lowest BCUT2D eigenvalue weighted by Gasteiger charge is -2.21. The molecular formula is C16H14O12P4. The second-order valence-corrected chi connectivity index (χ2v) is 13.4. The first-order valence-corrected chi connectivity index (χ1v) is 14.9. The summed E-state index contributed by atoms with van der Waals surface area (Å²) in [6, 6.07) is 5.82. The van der Waals surface area contributed by atoms with Crippen LogP contribution in [0.15, 0.2) is 36.4 Å². The Kier molecular flexibility index (Phi) is 5.19. The van der Waals surface area contributed by atoms with Gasteiger partial charge in [-0.15, -0.1) is 0 Å². The van der Waals surface area contributed by atoms with E-state index in [-0.39, 0.29) is 32.3 Å². The summed E-state index contributed by atoms with van der Waals surface area (Å²) in [6.07, 6.45) is 0. The van der Waals surface area contributed by atoms with E-state index in [9.17, 15) is 57.4 Å². The third-order valence-corrected chi connectivity index (χ3v) is 9.06. The van der Waals surface area contributed by atoms with Crippen molar-refractivity contribution in [3.05, 3.63) is 36.4 Å². The molecule has 170 valence electrons. The molecule has 0 aromatic heterocycles. The van der Waals surface area contributed by atoms with Crippen molar-refractivity contribution in [3.63, 3.8) is 0 Å². The van der Waals surface area contributed by atoms with E-state index < -0.39 is 51.6 Å². The Morgan fingerprint density at radius 1 is 0.406 bits per heavy atom. The number of hydrogen-bond acceptors (Lipinski definition) is 4. The lowest BCUT2D eigenvalue weighted by atomic mass is 9.94. The number of rotatable bonds is 4. The molecule has 0 fully saturated rings. The maximum Gasteiger partial charge on any atom is 0.356 e. The molecule has 0 amide bonds. The van der Waals surface area contributed by atoms with Gasteiger partial charge >= 0.3 is 30.4 Å². The number of hydrogen-bond donors (Lipinski definition) is 8. The Morgan fingerprint density at radius 2 is 0.594 bits per heavy atom. The summed E-state index contributed by atoms with van der Waals surface area (Å²) in [5.41, 5.74) is 0. The Labute approximate surface area is 178 Å². The van der Waals surface area contributed by atoms with Crippen LogP contribution < -0.4 is 21.2 Å². The highest BCUT2D eigenvalue weighted by atomic mass is 31.2. The first-order valence-electron chi connectivity index (χ1n) is 8.45. The molecule has 0 unspecified atom stereocenters. The molecule has 12 nitrogen and oxygen atoms in total. The molecule has 0 aliphatic rings.